The number of urea groups is 1. The Hall–Kier alpha value is -2.59. The normalized spacial score (nSPS) is 24.0. The third kappa shape index (κ3) is 9.47. The molecule has 1 heterocycles. The number of allylic oxidation sites excluding steroid dienone is 1. The lowest BCUT2D eigenvalue weighted by atomic mass is 9.81. The van der Waals surface area contributed by atoms with Gasteiger partial charge in [0.15, 0.2) is 0 Å². The van der Waals surface area contributed by atoms with Gasteiger partial charge in [-0.3, -0.25) is 19.2 Å². The molecule has 2 saturated carbocycles. The Morgan fingerprint density at radius 3 is 2.20 bits per heavy atom. The molecule has 0 aromatic carbocycles. The van der Waals surface area contributed by atoms with Crippen LogP contribution in [0.3, 0.4) is 0 Å². The van der Waals surface area contributed by atoms with Crippen LogP contribution >= 0.6 is 23.2 Å². The van der Waals surface area contributed by atoms with Crippen molar-refractivity contribution in [3.05, 3.63) is 25.3 Å². The van der Waals surface area contributed by atoms with Gasteiger partial charge in [-0.1, -0.05) is 52.2 Å². The van der Waals surface area contributed by atoms with E-state index in [1.54, 1.807) is 6.08 Å². The Morgan fingerprint density at radius 2 is 1.62 bits per heavy atom. The highest BCUT2D eigenvalue weighted by atomic mass is 35.5. The number of carbonyl (C=O) groups excluding carboxylic acids is 5. The van der Waals surface area contributed by atoms with Crippen molar-refractivity contribution in [2.45, 2.75) is 114 Å². The highest BCUT2D eigenvalue weighted by Gasteiger charge is 2.74. The van der Waals surface area contributed by atoms with E-state index < -0.39 is 57.5 Å². The third-order valence-corrected chi connectivity index (χ3v) is 9.97. The van der Waals surface area contributed by atoms with E-state index in [0.29, 0.717) is 6.42 Å². The zero-order chi connectivity index (χ0) is 33.7. The van der Waals surface area contributed by atoms with Crippen LogP contribution in [-0.4, -0.2) is 75.5 Å². The second-order valence-electron chi connectivity index (χ2n) is 14.6. The molecule has 5 amide bonds. The van der Waals surface area contributed by atoms with Crippen LogP contribution in [0.25, 0.3) is 0 Å². The second-order valence-corrected chi connectivity index (χ2v) is 16.1. The number of amides is 5. The number of piperidine rings is 1. The van der Waals surface area contributed by atoms with E-state index in [1.807, 2.05) is 13.8 Å². The van der Waals surface area contributed by atoms with Crippen molar-refractivity contribution in [2.75, 3.05) is 13.1 Å². The number of carbonyl (C=O) groups is 5. The van der Waals surface area contributed by atoms with Crippen LogP contribution < -0.4 is 21.3 Å². The molecule has 0 aromatic heterocycles. The maximum atomic E-state index is 14.3. The number of halogens is 2. The first kappa shape index (κ1) is 36.9. The molecular weight excluding hydrogens is 617 g/mol. The van der Waals surface area contributed by atoms with Crippen LogP contribution in [0.15, 0.2) is 25.3 Å². The minimum absolute atomic E-state index is 0.0284. The molecule has 45 heavy (non-hydrogen) atoms. The molecule has 2 unspecified atom stereocenters. The summed E-state index contributed by atoms with van der Waals surface area (Å²) in [7, 11) is 0. The van der Waals surface area contributed by atoms with E-state index in [1.165, 1.54) is 11.0 Å². The maximum absolute atomic E-state index is 14.3. The van der Waals surface area contributed by atoms with Crippen LogP contribution in [0.5, 0.6) is 0 Å². The van der Waals surface area contributed by atoms with E-state index in [9.17, 15) is 24.0 Å². The fourth-order valence-corrected chi connectivity index (χ4v) is 8.06. The molecule has 252 valence electrons. The van der Waals surface area contributed by atoms with Crippen LogP contribution in [-0.2, 0) is 19.2 Å². The molecule has 2 aliphatic carbocycles. The minimum atomic E-state index is -1.21. The van der Waals surface area contributed by atoms with Gasteiger partial charge in [0, 0.05) is 30.5 Å². The Bertz CT molecular complexity index is 1160. The van der Waals surface area contributed by atoms with Gasteiger partial charge in [0.05, 0.1) is 6.04 Å². The van der Waals surface area contributed by atoms with Crippen LogP contribution in [0.4, 0.5) is 4.79 Å². The van der Waals surface area contributed by atoms with Gasteiger partial charge in [0.25, 0.3) is 5.91 Å². The van der Waals surface area contributed by atoms with Gasteiger partial charge < -0.3 is 26.2 Å². The second kappa shape index (κ2) is 14.9. The first-order chi connectivity index (χ1) is 20.9. The number of hydrogen-bond acceptors (Lipinski definition) is 5. The fraction of sp³-hybridized carbons (Fsp3) is 0.727. The van der Waals surface area contributed by atoms with E-state index >= 15 is 0 Å². The van der Waals surface area contributed by atoms with E-state index in [0.717, 1.165) is 38.5 Å². The topological polar surface area (TPSA) is 137 Å². The molecule has 4 N–H and O–H groups in total. The molecule has 0 spiro atoms. The molecule has 0 bridgehead atoms. The summed E-state index contributed by atoms with van der Waals surface area (Å²) in [5.41, 5.74) is -0.554. The Kier molecular flexibility index (Phi) is 12.2. The summed E-state index contributed by atoms with van der Waals surface area (Å²) in [6.45, 7) is 17.7. The van der Waals surface area contributed by atoms with Crippen molar-refractivity contribution >= 4 is 52.7 Å². The number of fused-ring (bicyclic) bond motifs is 1. The van der Waals surface area contributed by atoms with Crippen molar-refractivity contribution in [2.24, 2.45) is 23.2 Å². The highest BCUT2D eigenvalue weighted by molar-refractivity contribution is 6.51. The number of hydrogen-bond donors (Lipinski definition) is 4. The molecule has 1 aliphatic heterocycles. The quantitative estimate of drug-likeness (QED) is 0.124. The maximum Gasteiger partial charge on any atom is 0.315 e. The molecule has 12 heteroatoms. The summed E-state index contributed by atoms with van der Waals surface area (Å²) in [6.07, 6.45) is 8.75. The Balaban J connectivity index is 1.85. The summed E-state index contributed by atoms with van der Waals surface area (Å²) in [5.74, 6) is -3.65. The number of likely N-dealkylation sites (tertiary alicyclic amines) is 1. The van der Waals surface area contributed by atoms with Crippen molar-refractivity contribution in [3.8, 4) is 0 Å². The summed E-state index contributed by atoms with van der Waals surface area (Å²) in [6, 6.07) is -3.51. The number of nitrogens with one attached hydrogen (secondary N) is 4. The van der Waals surface area contributed by atoms with Crippen molar-refractivity contribution in [3.63, 3.8) is 0 Å². The molecule has 1 saturated heterocycles. The zero-order valence-corrected chi connectivity index (χ0v) is 28.9. The predicted octanol–water partition coefficient (Wildman–Crippen LogP) is 4.40. The SMILES string of the molecule is C=CCCC(NC(=O)[C@@H]1[C@H]2[C@@H](CN1C(=O)C(NC(=O)NC(C)(C)CC(C)(C)C)C1CCCCC1)C2(Cl)Cl)C(=O)C(=O)NCC=C. The number of ketones is 1. The molecular formula is C33H51Cl2N5O5. The fourth-order valence-electron chi connectivity index (χ4n) is 7.24. The molecule has 5 atom stereocenters. The van der Waals surface area contributed by atoms with Crippen molar-refractivity contribution in [1.82, 2.24) is 26.2 Å². The highest BCUT2D eigenvalue weighted by Crippen LogP contribution is 2.65. The molecule has 3 rings (SSSR count). The average molecular weight is 669 g/mol. The Labute approximate surface area is 277 Å². The van der Waals surface area contributed by atoms with Gasteiger partial charge in [0.2, 0.25) is 17.6 Å². The first-order valence-corrected chi connectivity index (χ1v) is 16.8. The van der Waals surface area contributed by atoms with E-state index in [-0.39, 0.29) is 42.7 Å². The number of rotatable bonds is 14. The number of Topliss-reactive ketones (excluding diaryl/α,β-unsaturated/α-hetero) is 1. The summed E-state index contributed by atoms with van der Waals surface area (Å²) >= 11 is 13.1. The first-order valence-electron chi connectivity index (χ1n) is 16.0. The van der Waals surface area contributed by atoms with Crippen molar-refractivity contribution in [1.29, 1.82) is 0 Å². The summed E-state index contributed by atoms with van der Waals surface area (Å²) in [4.78, 5) is 68.5. The lowest BCUT2D eigenvalue weighted by Crippen LogP contribution is -2.61. The van der Waals surface area contributed by atoms with Gasteiger partial charge >= 0.3 is 6.03 Å². The molecule has 0 radical (unpaired) electrons. The molecule has 0 aromatic rings. The van der Waals surface area contributed by atoms with Crippen LogP contribution in [0.2, 0.25) is 0 Å². The van der Waals surface area contributed by atoms with Crippen molar-refractivity contribution < 1.29 is 24.0 Å². The molecule has 3 fully saturated rings. The van der Waals surface area contributed by atoms with E-state index in [2.05, 4.69) is 55.2 Å². The Morgan fingerprint density at radius 1 is 0.978 bits per heavy atom. The molecule has 3 aliphatic rings. The van der Waals surface area contributed by atoms with Gasteiger partial charge in [-0.05, 0) is 57.3 Å². The van der Waals surface area contributed by atoms with Gasteiger partial charge in [0.1, 0.15) is 16.4 Å². The van der Waals surface area contributed by atoms with Gasteiger partial charge in [-0.15, -0.1) is 36.4 Å². The largest absolute Gasteiger partial charge is 0.346 e. The number of nitrogens with zero attached hydrogens (tertiary/aromatic N) is 1. The smallest absolute Gasteiger partial charge is 0.315 e. The summed E-state index contributed by atoms with van der Waals surface area (Å²) < 4.78 is -1.21. The van der Waals surface area contributed by atoms with Crippen LogP contribution in [0.1, 0.15) is 86.0 Å². The average Bonchev–Trinajstić information content (AvgIpc) is 3.27. The summed E-state index contributed by atoms with van der Waals surface area (Å²) in [5, 5.41) is 11.2. The van der Waals surface area contributed by atoms with Crippen LogP contribution in [0, 0.1) is 23.2 Å². The number of alkyl halides is 2. The predicted molar refractivity (Wildman–Crippen MR) is 177 cm³/mol. The van der Waals surface area contributed by atoms with Gasteiger partial charge in [-0.2, -0.15) is 0 Å². The minimum Gasteiger partial charge on any atom is -0.346 e. The lowest BCUT2D eigenvalue weighted by molar-refractivity contribution is -0.144. The van der Waals surface area contributed by atoms with E-state index in [4.69, 9.17) is 23.2 Å². The van der Waals surface area contributed by atoms with Gasteiger partial charge in [-0.25, -0.2) is 4.79 Å². The standard InChI is InChI=1S/C33H51Cl2N5O5/c1-8-10-16-22(26(41)28(43)36-17-9-2)37-27(42)25-23-21(33(23,34)35)18-40(25)29(44)24(20-14-12-11-13-15-20)38-30(45)39-32(6,7)19-31(3,4)5/h8-9,20-25H,1-2,10-19H2,3-7H3,(H,36,43)(H,37,42)(H2,38,39,45)/t21-,22?,23-,24?,25+/m1/s1. The lowest BCUT2D eigenvalue weighted by Gasteiger charge is -2.38. The monoisotopic (exact) mass is 667 g/mol. The third-order valence-electron chi connectivity index (χ3n) is 8.91. The zero-order valence-electron chi connectivity index (χ0n) is 27.3. The molecule has 10 nitrogen and oxygen atoms in total.